The summed E-state index contributed by atoms with van der Waals surface area (Å²) in [6.45, 7) is 1.82. The number of thioether (sulfide) groups is 1. The molecule has 0 saturated carbocycles. The Hall–Kier alpha value is -4.63. The highest BCUT2D eigenvalue weighted by Crippen LogP contribution is 2.26. The second-order valence-electron chi connectivity index (χ2n) is 7.86. The van der Waals surface area contributed by atoms with E-state index < -0.39 is 11.8 Å². The first kappa shape index (κ1) is 25.5. The van der Waals surface area contributed by atoms with Gasteiger partial charge in [-0.2, -0.15) is 0 Å². The van der Waals surface area contributed by atoms with Crippen molar-refractivity contribution < 1.29 is 18.8 Å². The molecule has 2 heterocycles. The maximum Gasteiger partial charge on any atom is 0.272 e. The van der Waals surface area contributed by atoms with Crippen LogP contribution in [0.25, 0.3) is 6.08 Å². The molecule has 0 spiro atoms. The average molecular weight is 513 g/mol. The van der Waals surface area contributed by atoms with Gasteiger partial charge in [-0.3, -0.25) is 19.4 Å². The number of furan rings is 1. The molecular formula is C28H24N4O4S. The van der Waals surface area contributed by atoms with Crippen LogP contribution in [0.4, 0.5) is 11.4 Å². The first-order valence-corrected chi connectivity index (χ1v) is 12.3. The molecule has 3 N–H and O–H groups in total. The molecule has 4 aromatic rings. The van der Waals surface area contributed by atoms with Gasteiger partial charge < -0.3 is 20.4 Å². The number of carbonyl (C=O) groups is 3. The number of aromatic nitrogens is 1. The van der Waals surface area contributed by atoms with Crippen LogP contribution in [-0.4, -0.2) is 28.0 Å². The van der Waals surface area contributed by atoms with Gasteiger partial charge in [0, 0.05) is 40.3 Å². The van der Waals surface area contributed by atoms with Crippen molar-refractivity contribution in [2.24, 2.45) is 0 Å². The van der Waals surface area contributed by atoms with Crippen molar-refractivity contribution in [3.05, 3.63) is 115 Å². The Balaban J connectivity index is 1.39. The molecule has 9 heteroatoms. The van der Waals surface area contributed by atoms with E-state index in [4.69, 9.17) is 4.42 Å². The van der Waals surface area contributed by atoms with Crippen molar-refractivity contribution in [1.29, 1.82) is 0 Å². The largest absolute Gasteiger partial charge is 0.465 e. The summed E-state index contributed by atoms with van der Waals surface area (Å²) in [6, 6.07) is 22.5. The molecule has 0 aliphatic rings. The highest BCUT2D eigenvalue weighted by Gasteiger charge is 2.17. The summed E-state index contributed by atoms with van der Waals surface area (Å²) in [7, 11) is 0. The van der Waals surface area contributed by atoms with Gasteiger partial charge in [-0.1, -0.05) is 18.2 Å². The third kappa shape index (κ3) is 7.42. The lowest BCUT2D eigenvalue weighted by Gasteiger charge is -2.13. The number of nitrogens with zero attached hydrogens (tertiary/aromatic N) is 1. The highest BCUT2D eigenvalue weighted by atomic mass is 32.2. The van der Waals surface area contributed by atoms with Crippen LogP contribution in [0.5, 0.6) is 0 Å². The van der Waals surface area contributed by atoms with Crippen LogP contribution in [0.3, 0.4) is 0 Å². The van der Waals surface area contributed by atoms with Crippen molar-refractivity contribution in [3.63, 3.8) is 0 Å². The lowest BCUT2D eigenvalue weighted by molar-refractivity contribution is -0.115. The Kier molecular flexibility index (Phi) is 8.51. The number of hydrogen-bond donors (Lipinski definition) is 3. The van der Waals surface area contributed by atoms with E-state index in [1.807, 2.05) is 19.1 Å². The number of amides is 3. The van der Waals surface area contributed by atoms with E-state index in [1.165, 1.54) is 24.1 Å². The zero-order valence-electron chi connectivity index (χ0n) is 19.9. The summed E-state index contributed by atoms with van der Waals surface area (Å²) in [5, 5.41) is 7.96. The molecule has 0 fully saturated rings. The summed E-state index contributed by atoms with van der Waals surface area (Å²) in [4.78, 5) is 43.0. The Labute approximate surface area is 218 Å². The second kappa shape index (κ2) is 12.4. The van der Waals surface area contributed by atoms with Crippen LogP contribution in [0.15, 0.2) is 113 Å². The quantitative estimate of drug-likeness (QED) is 0.210. The van der Waals surface area contributed by atoms with Gasteiger partial charge in [0.25, 0.3) is 11.8 Å². The van der Waals surface area contributed by atoms with E-state index in [9.17, 15) is 14.4 Å². The third-order valence-corrected chi connectivity index (χ3v) is 6.21. The van der Waals surface area contributed by atoms with Crippen molar-refractivity contribution in [2.45, 2.75) is 17.1 Å². The number of pyridine rings is 1. The molecular weight excluding hydrogens is 488 g/mol. The third-order valence-electron chi connectivity index (χ3n) is 5.10. The topological polar surface area (TPSA) is 113 Å². The van der Waals surface area contributed by atoms with Crippen LogP contribution in [0.2, 0.25) is 0 Å². The van der Waals surface area contributed by atoms with Crippen LogP contribution in [0.1, 0.15) is 23.0 Å². The van der Waals surface area contributed by atoms with Crippen LogP contribution < -0.4 is 16.0 Å². The summed E-state index contributed by atoms with van der Waals surface area (Å²) in [6.07, 6.45) is 6.17. The van der Waals surface area contributed by atoms with E-state index in [-0.39, 0.29) is 16.9 Å². The van der Waals surface area contributed by atoms with Gasteiger partial charge in [0.05, 0.1) is 11.5 Å². The molecule has 1 unspecified atom stereocenters. The fourth-order valence-electron chi connectivity index (χ4n) is 3.21. The van der Waals surface area contributed by atoms with E-state index >= 15 is 0 Å². The molecule has 8 nitrogen and oxygen atoms in total. The minimum Gasteiger partial charge on any atom is -0.465 e. The molecule has 0 aliphatic heterocycles. The smallest absolute Gasteiger partial charge is 0.272 e. The van der Waals surface area contributed by atoms with E-state index in [0.29, 0.717) is 22.7 Å². The van der Waals surface area contributed by atoms with Crippen LogP contribution >= 0.6 is 11.8 Å². The SMILES string of the molecule is CC(Sc1ccc(NC(=O)/C(=C/c2ccco2)NC(=O)c2ccccc2)cc1)C(=O)Nc1ccncc1. The number of benzene rings is 2. The van der Waals surface area contributed by atoms with Gasteiger partial charge in [-0.25, -0.2) is 0 Å². The van der Waals surface area contributed by atoms with Gasteiger partial charge in [-0.05, 0) is 67.6 Å². The normalized spacial score (nSPS) is 11.9. The Morgan fingerprint density at radius 3 is 2.24 bits per heavy atom. The average Bonchev–Trinajstić information content (AvgIpc) is 3.43. The zero-order chi connectivity index (χ0) is 26.0. The molecule has 3 amide bonds. The summed E-state index contributed by atoms with van der Waals surface area (Å²) in [5.41, 5.74) is 1.67. The number of anilines is 2. The fraction of sp³-hybridized carbons (Fsp3) is 0.0714. The molecule has 37 heavy (non-hydrogen) atoms. The molecule has 0 radical (unpaired) electrons. The van der Waals surface area contributed by atoms with E-state index in [0.717, 1.165) is 4.90 Å². The minimum absolute atomic E-state index is 0.0312. The zero-order valence-corrected chi connectivity index (χ0v) is 20.7. The maximum absolute atomic E-state index is 13.0. The maximum atomic E-state index is 13.0. The Bertz CT molecular complexity index is 1370. The van der Waals surface area contributed by atoms with Gasteiger partial charge >= 0.3 is 0 Å². The van der Waals surface area contributed by atoms with Crippen molar-refractivity contribution in [2.75, 3.05) is 10.6 Å². The molecule has 186 valence electrons. The second-order valence-corrected chi connectivity index (χ2v) is 9.27. The number of rotatable bonds is 9. The van der Waals surface area contributed by atoms with Crippen molar-refractivity contribution in [1.82, 2.24) is 10.3 Å². The van der Waals surface area contributed by atoms with Crippen molar-refractivity contribution >= 4 is 46.9 Å². The molecule has 0 saturated heterocycles. The lowest BCUT2D eigenvalue weighted by atomic mass is 10.2. The number of hydrogen-bond acceptors (Lipinski definition) is 6. The summed E-state index contributed by atoms with van der Waals surface area (Å²) in [5.74, 6) is -0.634. The predicted molar refractivity (Wildman–Crippen MR) is 144 cm³/mol. The van der Waals surface area contributed by atoms with Gasteiger partial charge in [0.2, 0.25) is 5.91 Å². The monoisotopic (exact) mass is 512 g/mol. The van der Waals surface area contributed by atoms with Gasteiger partial charge in [-0.15, -0.1) is 11.8 Å². The minimum atomic E-state index is -0.508. The summed E-state index contributed by atoms with van der Waals surface area (Å²) >= 11 is 1.39. The molecule has 4 rings (SSSR count). The molecule has 2 aromatic carbocycles. The van der Waals surface area contributed by atoms with E-state index in [2.05, 4.69) is 20.9 Å². The highest BCUT2D eigenvalue weighted by molar-refractivity contribution is 8.00. The standard InChI is InChI=1S/C28H24N4O4S/c1-19(26(33)30-22-13-15-29-16-14-22)37-24-11-9-21(10-12-24)31-28(35)25(18-23-8-5-17-36-23)32-27(34)20-6-3-2-4-7-20/h2-19H,1H3,(H,31,35)(H,32,34)(H,29,30,33)/b25-18-. The van der Waals surface area contributed by atoms with Gasteiger partial charge in [0.1, 0.15) is 11.5 Å². The fourth-order valence-corrected chi connectivity index (χ4v) is 4.08. The molecule has 0 aliphatic carbocycles. The van der Waals surface area contributed by atoms with Crippen molar-refractivity contribution in [3.8, 4) is 0 Å². The molecule has 1 atom stereocenters. The molecule has 2 aromatic heterocycles. The Morgan fingerprint density at radius 2 is 1.57 bits per heavy atom. The first-order valence-electron chi connectivity index (χ1n) is 11.4. The number of carbonyl (C=O) groups excluding carboxylic acids is 3. The number of nitrogens with one attached hydrogen (secondary N) is 3. The lowest BCUT2D eigenvalue weighted by Crippen LogP contribution is -2.30. The Morgan fingerprint density at radius 1 is 0.865 bits per heavy atom. The van der Waals surface area contributed by atoms with E-state index in [1.54, 1.807) is 79.1 Å². The summed E-state index contributed by atoms with van der Waals surface area (Å²) < 4.78 is 5.31. The molecule has 0 bridgehead atoms. The van der Waals surface area contributed by atoms with Crippen LogP contribution in [0, 0.1) is 0 Å². The van der Waals surface area contributed by atoms with Gasteiger partial charge in [0.15, 0.2) is 0 Å². The first-order chi connectivity index (χ1) is 18.0. The van der Waals surface area contributed by atoms with Crippen LogP contribution in [-0.2, 0) is 9.59 Å². The predicted octanol–water partition coefficient (Wildman–Crippen LogP) is 5.20.